The normalized spacial score (nSPS) is 10.9. The van der Waals surface area contributed by atoms with Crippen molar-refractivity contribution in [3.8, 4) is 0 Å². The van der Waals surface area contributed by atoms with Gasteiger partial charge in [-0.15, -0.1) is 0 Å². The summed E-state index contributed by atoms with van der Waals surface area (Å²) in [7, 11) is 1.66. The van der Waals surface area contributed by atoms with Crippen LogP contribution >= 0.6 is 15.9 Å². The van der Waals surface area contributed by atoms with Gasteiger partial charge in [-0.05, 0) is 36.7 Å². The molecule has 1 aromatic rings. The number of nitrogens with zero attached hydrogens (tertiary/aromatic N) is 1. The van der Waals surface area contributed by atoms with Gasteiger partial charge in [0.05, 0.1) is 6.54 Å². The molecule has 0 radical (unpaired) electrons. The molecule has 2 nitrogen and oxygen atoms in total. The van der Waals surface area contributed by atoms with Crippen molar-refractivity contribution < 1.29 is 8.78 Å². The van der Waals surface area contributed by atoms with Crippen LogP contribution in [0.2, 0.25) is 0 Å². The topological polar surface area (TPSA) is 29.3 Å². The Morgan fingerprint density at radius 2 is 2.12 bits per heavy atom. The fourth-order valence-electron chi connectivity index (χ4n) is 1.59. The molecule has 0 aliphatic carbocycles. The Labute approximate surface area is 103 Å². The fourth-order valence-corrected chi connectivity index (χ4v) is 2.00. The number of rotatable bonds is 5. The van der Waals surface area contributed by atoms with E-state index in [0.29, 0.717) is 13.0 Å². The number of alkyl halides is 2. The molecule has 1 rings (SSSR count). The van der Waals surface area contributed by atoms with Gasteiger partial charge >= 0.3 is 0 Å². The average Bonchev–Trinajstić information content (AvgIpc) is 2.17. The maximum atomic E-state index is 12.3. The van der Waals surface area contributed by atoms with E-state index in [9.17, 15) is 8.78 Å². The van der Waals surface area contributed by atoms with Crippen molar-refractivity contribution in [1.82, 2.24) is 0 Å². The van der Waals surface area contributed by atoms with Crippen LogP contribution in [-0.2, 0) is 6.42 Å². The highest BCUT2D eigenvalue weighted by atomic mass is 79.9. The molecule has 0 aromatic heterocycles. The summed E-state index contributed by atoms with van der Waals surface area (Å²) in [6, 6.07) is 5.60. The Morgan fingerprint density at radius 1 is 1.44 bits per heavy atom. The van der Waals surface area contributed by atoms with Gasteiger partial charge in [0.2, 0.25) is 0 Å². The zero-order chi connectivity index (χ0) is 12.1. The molecule has 2 N–H and O–H groups in total. The van der Waals surface area contributed by atoms with E-state index < -0.39 is 6.43 Å². The van der Waals surface area contributed by atoms with Gasteiger partial charge in [0.25, 0.3) is 6.43 Å². The van der Waals surface area contributed by atoms with Crippen LogP contribution in [-0.4, -0.2) is 26.6 Å². The molecule has 0 aliphatic heterocycles. The van der Waals surface area contributed by atoms with Gasteiger partial charge in [-0.25, -0.2) is 8.78 Å². The SMILES string of the molecule is CN(CC(F)F)c1ccc(Br)cc1CCN. The molecule has 0 spiro atoms. The molecular weight excluding hydrogens is 278 g/mol. The molecule has 0 bridgehead atoms. The zero-order valence-corrected chi connectivity index (χ0v) is 10.7. The lowest BCUT2D eigenvalue weighted by molar-refractivity contribution is 0.156. The van der Waals surface area contributed by atoms with Crippen LogP contribution in [0.5, 0.6) is 0 Å². The van der Waals surface area contributed by atoms with Gasteiger partial charge in [0.15, 0.2) is 0 Å². The van der Waals surface area contributed by atoms with Crippen LogP contribution in [0.3, 0.4) is 0 Å². The number of benzene rings is 1. The second kappa shape index (κ2) is 6.15. The Bertz CT molecular complexity index is 345. The second-order valence-electron chi connectivity index (χ2n) is 3.58. The molecule has 16 heavy (non-hydrogen) atoms. The van der Waals surface area contributed by atoms with Crippen molar-refractivity contribution in [2.24, 2.45) is 5.73 Å². The van der Waals surface area contributed by atoms with E-state index >= 15 is 0 Å². The second-order valence-corrected chi connectivity index (χ2v) is 4.50. The van der Waals surface area contributed by atoms with Crippen LogP contribution in [0.4, 0.5) is 14.5 Å². The molecule has 0 atom stereocenters. The Balaban J connectivity index is 2.92. The smallest absolute Gasteiger partial charge is 0.255 e. The van der Waals surface area contributed by atoms with Crippen molar-refractivity contribution in [1.29, 1.82) is 0 Å². The first-order chi connectivity index (χ1) is 7.54. The summed E-state index contributed by atoms with van der Waals surface area (Å²) in [6.07, 6.45) is -1.65. The van der Waals surface area contributed by atoms with Crippen LogP contribution in [0.25, 0.3) is 0 Å². The minimum Gasteiger partial charge on any atom is -0.369 e. The predicted octanol–water partition coefficient (Wildman–Crippen LogP) is 2.65. The third-order valence-corrected chi connectivity index (χ3v) is 2.77. The highest BCUT2D eigenvalue weighted by Gasteiger charge is 2.12. The van der Waals surface area contributed by atoms with Crippen molar-refractivity contribution in [2.75, 3.05) is 25.0 Å². The van der Waals surface area contributed by atoms with Crippen LogP contribution in [0, 0.1) is 0 Å². The van der Waals surface area contributed by atoms with E-state index in [2.05, 4.69) is 15.9 Å². The lowest BCUT2D eigenvalue weighted by atomic mass is 10.1. The van der Waals surface area contributed by atoms with Crippen LogP contribution in [0.15, 0.2) is 22.7 Å². The number of hydrogen-bond donors (Lipinski definition) is 1. The maximum Gasteiger partial charge on any atom is 0.255 e. The highest BCUT2D eigenvalue weighted by Crippen LogP contribution is 2.24. The summed E-state index contributed by atoms with van der Waals surface area (Å²) in [5.74, 6) is 0. The van der Waals surface area contributed by atoms with E-state index in [0.717, 1.165) is 15.7 Å². The molecule has 0 saturated heterocycles. The van der Waals surface area contributed by atoms with E-state index in [1.54, 1.807) is 11.9 Å². The largest absolute Gasteiger partial charge is 0.369 e. The van der Waals surface area contributed by atoms with Gasteiger partial charge < -0.3 is 10.6 Å². The minimum atomic E-state index is -2.33. The molecule has 0 amide bonds. The van der Waals surface area contributed by atoms with E-state index in [4.69, 9.17) is 5.73 Å². The average molecular weight is 293 g/mol. The van der Waals surface area contributed by atoms with Gasteiger partial charge in [0, 0.05) is 17.2 Å². The van der Waals surface area contributed by atoms with Gasteiger partial charge in [-0.2, -0.15) is 0 Å². The fraction of sp³-hybridized carbons (Fsp3) is 0.455. The molecule has 0 aliphatic rings. The van der Waals surface area contributed by atoms with Crippen molar-refractivity contribution >= 4 is 21.6 Å². The number of nitrogens with two attached hydrogens (primary N) is 1. The highest BCUT2D eigenvalue weighted by molar-refractivity contribution is 9.10. The third-order valence-electron chi connectivity index (χ3n) is 2.28. The zero-order valence-electron chi connectivity index (χ0n) is 9.09. The Kier molecular flexibility index (Phi) is 5.15. The lowest BCUT2D eigenvalue weighted by Crippen LogP contribution is -2.25. The minimum absolute atomic E-state index is 0.265. The third kappa shape index (κ3) is 3.72. The Hall–Kier alpha value is -0.680. The molecule has 0 heterocycles. The summed E-state index contributed by atoms with van der Waals surface area (Å²) >= 11 is 3.36. The Morgan fingerprint density at radius 3 is 2.69 bits per heavy atom. The van der Waals surface area contributed by atoms with Crippen LogP contribution < -0.4 is 10.6 Å². The summed E-state index contributed by atoms with van der Waals surface area (Å²) in [4.78, 5) is 1.56. The van der Waals surface area contributed by atoms with Crippen molar-refractivity contribution in [2.45, 2.75) is 12.8 Å². The summed E-state index contributed by atoms with van der Waals surface area (Å²) in [5, 5.41) is 0. The monoisotopic (exact) mass is 292 g/mol. The van der Waals surface area contributed by atoms with Gasteiger partial charge in [-0.1, -0.05) is 15.9 Å². The van der Waals surface area contributed by atoms with E-state index in [-0.39, 0.29) is 6.54 Å². The number of halogens is 3. The van der Waals surface area contributed by atoms with Crippen molar-refractivity contribution in [3.05, 3.63) is 28.2 Å². The van der Waals surface area contributed by atoms with E-state index in [1.807, 2.05) is 18.2 Å². The summed E-state index contributed by atoms with van der Waals surface area (Å²) in [5.41, 5.74) is 7.30. The van der Waals surface area contributed by atoms with Crippen LogP contribution in [0.1, 0.15) is 5.56 Å². The quantitative estimate of drug-likeness (QED) is 0.904. The lowest BCUT2D eigenvalue weighted by Gasteiger charge is -2.22. The number of hydrogen-bond acceptors (Lipinski definition) is 2. The van der Waals surface area contributed by atoms with Gasteiger partial charge in [0.1, 0.15) is 0 Å². The molecule has 90 valence electrons. The predicted molar refractivity (Wildman–Crippen MR) is 66.2 cm³/mol. The molecular formula is C11H15BrF2N2. The molecule has 0 saturated carbocycles. The molecule has 0 unspecified atom stereocenters. The summed E-state index contributed by atoms with van der Waals surface area (Å²) < 4.78 is 25.5. The van der Waals surface area contributed by atoms with E-state index in [1.165, 1.54) is 0 Å². The standard InChI is InChI=1S/C11H15BrF2N2/c1-16(7-11(13)14)10-3-2-9(12)6-8(10)4-5-15/h2-3,6,11H,4-5,7,15H2,1H3. The maximum absolute atomic E-state index is 12.3. The van der Waals surface area contributed by atoms with Gasteiger partial charge in [-0.3, -0.25) is 0 Å². The molecule has 0 fully saturated rings. The summed E-state index contributed by atoms with van der Waals surface area (Å²) in [6.45, 7) is 0.241. The first-order valence-electron chi connectivity index (χ1n) is 5.02. The first-order valence-corrected chi connectivity index (χ1v) is 5.81. The first kappa shape index (κ1) is 13.4. The number of anilines is 1. The molecule has 5 heteroatoms. The van der Waals surface area contributed by atoms with Crippen molar-refractivity contribution in [3.63, 3.8) is 0 Å². The molecule has 1 aromatic carbocycles.